The van der Waals surface area contributed by atoms with Crippen molar-refractivity contribution in [2.24, 2.45) is 5.41 Å². The fourth-order valence-corrected chi connectivity index (χ4v) is 7.91. The predicted molar refractivity (Wildman–Crippen MR) is 214 cm³/mol. The van der Waals surface area contributed by atoms with Crippen LogP contribution in [0, 0.1) is 12.3 Å². The fraction of sp³-hybridized carbons (Fsp3) is 0.488. The monoisotopic (exact) mass is 787 g/mol. The zero-order valence-corrected chi connectivity index (χ0v) is 34.1. The van der Waals surface area contributed by atoms with Crippen LogP contribution < -0.4 is 21.3 Å². The molecule has 3 aromatic rings. The van der Waals surface area contributed by atoms with E-state index in [4.69, 9.17) is 0 Å². The van der Waals surface area contributed by atoms with Crippen LogP contribution in [0.1, 0.15) is 99.7 Å². The van der Waals surface area contributed by atoms with Gasteiger partial charge in [0, 0.05) is 43.7 Å². The maximum Gasteiger partial charge on any atom is 0.264 e. The van der Waals surface area contributed by atoms with Gasteiger partial charge in [0.1, 0.15) is 12.1 Å². The number of piperidine rings is 1. The Labute approximate surface area is 331 Å². The minimum Gasteiger partial charge on any atom is -0.391 e. The summed E-state index contributed by atoms with van der Waals surface area (Å²) in [5.41, 5.74) is 5.74. The number of imide groups is 2. The van der Waals surface area contributed by atoms with Crippen LogP contribution in [0.5, 0.6) is 0 Å². The number of β-amino-alcohol motifs (C(OH)–C–C–N with tert-alkyl or cyclic N) is 1. The SMILES string of the molecule is CC(C)Nc1cccc2c1C(=O)N(C1CCC(=O)NC1=O)C2=O.Cc1ncsc1-c1ccc(CNC(=O)[C@@H]2C[C@@H](O)CN2C(=O)[C@@H](NC(C)C)C(C)(C)C)cc1. The third-order valence-electron chi connectivity index (χ3n) is 9.82. The Balaban J connectivity index is 0.000000228. The van der Waals surface area contributed by atoms with Gasteiger partial charge in [0.2, 0.25) is 23.6 Å². The third-order valence-corrected chi connectivity index (χ3v) is 10.8. The summed E-state index contributed by atoms with van der Waals surface area (Å²) in [6.45, 7) is 16.4. The smallest absolute Gasteiger partial charge is 0.264 e. The Morgan fingerprint density at radius 2 is 1.70 bits per heavy atom. The fourth-order valence-electron chi connectivity index (χ4n) is 7.10. The second kappa shape index (κ2) is 17.4. The van der Waals surface area contributed by atoms with Gasteiger partial charge in [0.15, 0.2) is 0 Å². The van der Waals surface area contributed by atoms with E-state index < -0.39 is 42.0 Å². The molecule has 2 fully saturated rings. The summed E-state index contributed by atoms with van der Waals surface area (Å²) in [4.78, 5) is 83.0. The number of hydrogen-bond donors (Lipinski definition) is 5. The van der Waals surface area contributed by atoms with Crippen LogP contribution in [0.15, 0.2) is 48.0 Å². The number of aryl methyl sites for hydroxylation is 1. The maximum absolute atomic E-state index is 13.4. The van der Waals surface area contributed by atoms with Crippen LogP contribution in [0.3, 0.4) is 0 Å². The lowest BCUT2D eigenvalue weighted by molar-refractivity contribution is -0.142. The molecule has 1 unspecified atom stereocenters. The second-order valence-electron chi connectivity index (χ2n) is 16.2. The second-order valence-corrected chi connectivity index (χ2v) is 17.0. The normalized spacial score (nSPS) is 20.2. The molecule has 3 aliphatic heterocycles. The summed E-state index contributed by atoms with van der Waals surface area (Å²) in [5, 5.41) is 21.9. The molecule has 0 bridgehead atoms. The van der Waals surface area contributed by atoms with Crippen LogP contribution in [-0.4, -0.2) is 98.2 Å². The summed E-state index contributed by atoms with van der Waals surface area (Å²) < 4.78 is 0. The molecule has 4 atom stereocenters. The molecule has 1 aromatic heterocycles. The Morgan fingerprint density at radius 3 is 2.29 bits per heavy atom. The van der Waals surface area contributed by atoms with Gasteiger partial charge in [0.25, 0.3) is 11.8 Å². The van der Waals surface area contributed by atoms with Gasteiger partial charge in [-0.3, -0.25) is 39.0 Å². The number of rotatable bonds is 10. The van der Waals surface area contributed by atoms with E-state index in [2.05, 4.69) is 26.3 Å². The average Bonchev–Trinajstić information content (AvgIpc) is 3.81. The van der Waals surface area contributed by atoms with Gasteiger partial charge in [-0.2, -0.15) is 0 Å². The third kappa shape index (κ3) is 9.51. The highest BCUT2D eigenvalue weighted by atomic mass is 32.1. The van der Waals surface area contributed by atoms with E-state index in [-0.39, 0.29) is 72.2 Å². The zero-order chi connectivity index (χ0) is 41.1. The van der Waals surface area contributed by atoms with E-state index >= 15 is 0 Å². The van der Waals surface area contributed by atoms with Crippen molar-refractivity contribution in [1.29, 1.82) is 0 Å². The molecule has 0 aliphatic carbocycles. The number of hydrogen-bond acceptors (Lipinski definition) is 11. The van der Waals surface area contributed by atoms with Crippen molar-refractivity contribution >= 4 is 52.5 Å². The number of aliphatic hydroxyl groups is 1. The lowest BCUT2D eigenvalue weighted by Gasteiger charge is -2.36. The van der Waals surface area contributed by atoms with Gasteiger partial charge in [-0.15, -0.1) is 11.3 Å². The van der Waals surface area contributed by atoms with Crippen molar-refractivity contribution < 1.29 is 33.9 Å². The molecule has 0 radical (unpaired) electrons. The lowest BCUT2D eigenvalue weighted by Crippen LogP contribution is -2.57. The Bertz CT molecular complexity index is 1970. The zero-order valence-electron chi connectivity index (χ0n) is 33.3. The first-order chi connectivity index (χ1) is 26.4. The van der Waals surface area contributed by atoms with E-state index in [9.17, 15) is 33.9 Å². The molecule has 6 rings (SSSR count). The number of anilines is 1. The minimum absolute atomic E-state index is 0.0917. The largest absolute Gasteiger partial charge is 0.391 e. The number of aliphatic hydroxyl groups excluding tert-OH is 1. The van der Waals surface area contributed by atoms with E-state index in [0.717, 1.165) is 26.6 Å². The van der Waals surface area contributed by atoms with Gasteiger partial charge >= 0.3 is 0 Å². The molecule has 4 heterocycles. The van der Waals surface area contributed by atoms with Crippen molar-refractivity contribution in [2.75, 3.05) is 11.9 Å². The minimum atomic E-state index is -0.938. The highest BCUT2D eigenvalue weighted by molar-refractivity contribution is 7.13. The van der Waals surface area contributed by atoms with Gasteiger partial charge in [0.05, 0.1) is 39.4 Å². The first-order valence-corrected chi connectivity index (χ1v) is 19.9. The summed E-state index contributed by atoms with van der Waals surface area (Å²) >= 11 is 1.61. The molecule has 3 aliphatic rings. The van der Waals surface area contributed by atoms with Crippen molar-refractivity contribution in [2.45, 2.75) is 118 Å². The number of thiazole rings is 1. The van der Waals surface area contributed by atoms with Crippen molar-refractivity contribution in [1.82, 2.24) is 30.7 Å². The number of carbonyl (C=O) groups is 6. The summed E-state index contributed by atoms with van der Waals surface area (Å²) in [6.07, 6.45) is -0.185. The summed E-state index contributed by atoms with van der Waals surface area (Å²) in [5.74, 6) is -2.36. The Morgan fingerprint density at radius 1 is 1.00 bits per heavy atom. The summed E-state index contributed by atoms with van der Waals surface area (Å²) in [6, 6.07) is 11.2. The molecule has 56 heavy (non-hydrogen) atoms. The van der Waals surface area contributed by atoms with Crippen molar-refractivity contribution in [3.8, 4) is 10.4 Å². The highest BCUT2D eigenvalue weighted by Crippen LogP contribution is 2.33. The lowest BCUT2D eigenvalue weighted by atomic mass is 9.85. The number of fused-ring (bicyclic) bond motifs is 1. The quantitative estimate of drug-likeness (QED) is 0.188. The molecule has 5 N–H and O–H groups in total. The summed E-state index contributed by atoms with van der Waals surface area (Å²) in [7, 11) is 0. The molecule has 15 heteroatoms. The van der Waals surface area contributed by atoms with Crippen molar-refractivity contribution in [3.05, 3.63) is 70.4 Å². The van der Waals surface area contributed by atoms with Crippen molar-refractivity contribution in [3.63, 3.8) is 0 Å². The van der Waals surface area contributed by atoms with Gasteiger partial charge < -0.3 is 26.0 Å². The highest BCUT2D eigenvalue weighted by Gasteiger charge is 2.46. The van der Waals surface area contributed by atoms with E-state index in [0.29, 0.717) is 12.2 Å². The van der Waals surface area contributed by atoms with Crippen LogP contribution >= 0.6 is 11.3 Å². The number of carbonyl (C=O) groups excluding carboxylic acids is 6. The topological polar surface area (TPSA) is 190 Å². The Hall–Kier alpha value is -4.99. The van der Waals surface area contributed by atoms with Gasteiger partial charge in [-0.05, 0) is 55.9 Å². The molecule has 14 nitrogen and oxygen atoms in total. The number of aromatic nitrogens is 1. The number of benzene rings is 2. The Kier molecular flexibility index (Phi) is 13.1. The molecule has 300 valence electrons. The van der Waals surface area contributed by atoms with Crippen LogP contribution in [0.2, 0.25) is 0 Å². The number of likely N-dealkylation sites (tertiary alicyclic amines) is 1. The van der Waals surface area contributed by atoms with E-state index in [1.54, 1.807) is 34.4 Å². The van der Waals surface area contributed by atoms with Gasteiger partial charge in [-0.1, -0.05) is 65.0 Å². The van der Waals surface area contributed by atoms with Crippen LogP contribution in [0.4, 0.5) is 5.69 Å². The number of amides is 6. The predicted octanol–water partition coefficient (Wildman–Crippen LogP) is 4.02. The molecule has 6 amide bonds. The molecular formula is C41H53N7O7S. The molecular weight excluding hydrogens is 735 g/mol. The molecule has 0 saturated carbocycles. The van der Waals surface area contributed by atoms with E-state index in [1.807, 2.05) is 85.2 Å². The standard InChI is InChI=1S/C25H36N4O3S.C16H17N3O4/c1-15(2)28-22(25(4,5)6)24(32)29-13-19(30)11-20(29)23(31)26-12-17-7-9-18(10-8-17)21-16(3)27-14-33-21;1-8(2)17-10-5-3-4-9-13(10)16(23)19(15(9)22)11-6-7-12(20)18-14(11)21/h7-10,14-15,19-20,22,28,30H,11-13H2,1-6H3,(H,26,31);3-5,8,11,17H,6-7H2,1-2H3,(H,18,20,21)/t19-,20+,22-;/m1./s1. The van der Waals surface area contributed by atoms with Crippen LogP contribution in [-0.2, 0) is 25.7 Å². The van der Waals surface area contributed by atoms with Crippen LogP contribution in [0.25, 0.3) is 10.4 Å². The maximum atomic E-state index is 13.4. The average molecular weight is 788 g/mol. The number of nitrogens with zero attached hydrogens (tertiary/aromatic N) is 3. The molecule has 0 spiro atoms. The molecule has 2 saturated heterocycles. The van der Waals surface area contributed by atoms with E-state index in [1.165, 1.54) is 0 Å². The number of nitrogens with one attached hydrogen (secondary N) is 4. The first-order valence-electron chi connectivity index (χ1n) is 19.0. The molecule has 2 aromatic carbocycles. The van der Waals surface area contributed by atoms with Gasteiger partial charge in [-0.25, -0.2) is 4.98 Å². The first kappa shape index (κ1) is 42.2.